The largest absolute Gasteiger partial charge is 0.397 e. The number of anilines is 1. The van der Waals surface area contributed by atoms with Gasteiger partial charge in [-0.25, -0.2) is 4.98 Å². The van der Waals surface area contributed by atoms with Gasteiger partial charge in [-0.2, -0.15) is 0 Å². The lowest BCUT2D eigenvalue weighted by Gasteiger charge is -2.37. The second-order valence-electron chi connectivity index (χ2n) is 5.09. The van der Waals surface area contributed by atoms with Gasteiger partial charge in [-0.3, -0.25) is 9.59 Å². The van der Waals surface area contributed by atoms with E-state index in [2.05, 4.69) is 4.98 Å². The molecule has 7 heteroatoms. The molecule has 4 N–H and O–H groups in total. The van der Waals surface area contributed by atoms with Gasteiger partial charge in [0.05, 0.1) is 23.4 Å². The molecule has 0 spiro atoms. The minimum Gasteiger partial charge on any atom is -0.397 e. The van der Waals surface area contributed by atoms with Gasteiger partial charge in [-0.05, 0) is 25.8 Å². The van der Waals surface area contributed by atoms with E-state index in [9.17, 15) is 9.59 Å². The van der Waals surface area contributed by atoms with Gasteiger partial charge in [0.1, 0.15) is 5.15 Å². The summed E-state index contributed by atoms with van der Waals surface area (Å²) in [6, 6.07) is 1.52. The molecule has 1 aromatic heterocycles. The van der Waals surface area contributed by atoms with Gasteiger partial charge in [-0.1, -0.05) is 11.6 Å². The molecule has 1 aliphatic rings. The second kappa shape index (κ2) is 5.66. The van der Waals surface area contributed by atoms with Crippen LogP contribution in [0.3, 0.4) is 0 Å². The lowest BCUT2D eigenvalue weighted by molar-refractivity contribution is -0.123. The summed E-state index contributed by atoms with van der Waals surface area (Å²) in [7, 11) is 0. The molecule has 0 saturated carbocycles. The topological polar surface area (TPSA) is 102 Å². The molecular formula is C13H17ClN4O2. The monoisotopic (exact) mass is 296 g/mol. The number of likely N-dealkylation sites (tertiary alicyclic amines) is 1. The van der Waals surface area contributed by atoms with Crippen molar-refractivity contribution in [3.8, 4) is 0 Å². The summed E-state index contributed by atoms with van der Waals surface area (Å²) in [6.45, 7) is 2.24. The first-order chi connectivity index (χ1) is 9.40. The number of nitrogen functional groups attached to an aromatic ring is 1. The fraction of sp³-hybridized carbons (Fsp3) is 0.462. The number of nitrogens with zero attached hydrogens (tertiary/aromatic N) is 2. The van der Waals surface area contributed by atoms with Crippen molar-refractivity contribution in [3.05, 3.63) is 23.0 Å². The van der Waals surface area contributed by atoms with E-state index in [-0.39, 0.29) is 34.5 Å². The molecular weight excluding hydrogens is 280 g/mol. The Morgan fingerprint density at radius 1 is 1.45 bits per heavy atom. The maximum absolute atomic E-state index is 12.5. The number of carbonyl (C=O) groups is 2. The number of hydrogen-bond acceptors (Lipinski definition) is 4. The van der Waals surface area contributed by atoms with E-state index >= 15 is 0 Å². The van der Waals surface area contributed by atoms with Gasteiger partial charge in [0.15, 0.2) is 0 Å². The highest BCUT2D eigenvalue weighted by Gasteiger charge is 2.33. The Morgan fingerprint density at radius 2 is 2.15 bits per heavy atom. The maximum Gasteiger partial charge on any atom is 0.257 e. The number of rotatable bonds is 2. The molecule has 1 saturated heterocycles. The molecule has 2 unspecified atom stereocenters. The number of aromatic nitrogens is 1. The molecule has 1 fully saturated rings. The van der Waals surface area contributed by atoms with Crippen LogP contribution in [0.1, 0.15) is 30.1 Å². The average molecular weight is 297 g/mol. The zero-order valence-corrected chi connectivity index (χ0v) is 11.9. The van der Waals surface area contributed by atoms with Crippen molar-refractivity contribution >= 4 is 29.1 Å². The summed E-state index contributed by atoms with van der Waals surface area (Å²) in [5.41, 5.74) is 11.6. The third kappa shape index (κ3) is 2.85. The summed E-state index contributed by atoms with van der Waals surface area (Å²) >= 11 is 5.95. The van der Waals surface area contributed by atoms with Crippen LogP contribution in [0.5, 0.6) is 0 Å². The van der Waals surface area contributed by atoms with Gasteiger partial charge < -0.3 is 16.4 Å². The smallest absolute Gasteiger partial charge is 0.257 e. The van der Waals surface area contributed by atoms with Crippen LogP contribution in [0.4, 0.5) is 5.69 Å². The van der Waals surface area contributed by atoms with Crippen molar-refractivity contribution in [1.82, 2.24) is 9.88 Å². The van der Waals surface area contributed by atoms with E-state index in [4.69, 9.17) is 23.1 Å². The van der Waals surface area contributed by atoms with Crippen molar-refractivity contribution < 1.29 is 9.59 Å². The first kappa shape index (κ1) is 14.6. The molecule has 2 rings (SSSR count). The van der Waals surface area contributed by atoms with Crippen LogP contribution in [0.15, 0.2) is 12.3 Å². The summed E-state index contributed by atoms with van der Waals surface area (Å²) in [6.07, 6.45) is 2.82. The first-order valence-corrected chi connectivity index (χ1v) is 6.79. The van der Waals surface area contributed by atoms with Crippen LogP contribution in [0.25, 0.3) is 0 Å². The van der Waals surface area contributed by atoms with Gasteiger partial charge in [0.2, 0.25) is 5.91 Å². The summed E-state index contributed by atoms with van der Waals surface area (Å²) in [5, 5.41) is 0.109. The van der Waals surface area contributed by atoms with Crippen LogP contribution in [0, 0.1) is 5.92 Å². The SMILES string of the molecule is CC1CCC(C(N)=O)CN1C(=O)c1cc(N)cnc1Cl. The minimum absolute atomic E-state index is 0.0237. The molecule has 1 aromatic rings. The van der Waals surface area contributed by atoms with Gasteiger partial charge >= 0.3 is 0 Å². The van der Waals surface area contributed by atoms with Gasteiger partial charge in [0.25, 0.3) is 5.91 Å². The Hall–Kier alpha value is -1.82. The number of primary amides is 1. The quantitative estimate of drug-likeness (QED) is 0.796. The van der Waals surface area contributed by atoms with E-state index < -0.39 is 0 Å². The van der Waals surface area contributed by atoms with Crippen LogP contribution in [0.2, 0.25) is 5.15 Å². The van der Waals surface area contributed by atoms with Crippen molar-refractivity contribution in [2.45, 2.75) is 25.8 Å². The predicted octanol–water partition coefficient (Wildman–Crippen LogP) is 1.04. The number of nitrogens with two attached hydrogens (primary N) is 2. The van der Waals surface area contributed by atoms with Crippen LogP contribution in [-0.4, -0.2) is 34.3 Å². The fourth-order valence-corrected chi connectivity index (χ4v) is 2.58. The maximum atomic E-state index is 12.5. The van der Waals surface area contributed by atoms with Crippen molar-refractivity contribution in [2.24, 2.45) is 11.7 Å². The Morgan fingerprint density at radius 3 is 2.80 bits per heavy atom. The zero-order chi connectivity index (χ0) is 14.9. The summed E-state index contributed by atoms with van der Waals surface area (Å²) in [4.78, 5) is 29.3. The van der Waals surface area contributed by atoms with Crippen molar-refractivity contribution in [1.29, 1.82) is 0 Å². The van der Waals surface area contributed by atoms with E-state index in [1.165, 1.54) is 12.3 Å². The summed E-state index contributed by atoms with van der Waals surface area (Å²) < 4.78 is 0. The van der Waals surface area contributed by atoms with Gasteiger partial charge in [-0.15, -0.1) is 0 Å². The van der Waals surface area contributed by atoms with E-state index in [0.29, 0.717) is 18.7 Å². The molecule has 20 heavy (non-hydrogen) atoms. The standard InChI is InChI=1S/C13H17ClN4O2/c1-7-2-3-8(12(16)19)6-18(7)13(20)10-4-9(15)5-17-11(10)14/h4-5,7-8H,2-3,6,15H2,1H3,(H2,16,19). The Balaban J connectivity index is 2.26. The number of amides is 2. The molecule has 0 aliphatic carbocycles. The first-order valence-electron chi connectivity index (χ1n) is 6.41. The Bertz CT molecular complexity index is 549. The molecule has 0 radical (unpaired) electrons. The van der Waals surface area contributed by atoms with Crippen LogP contribution >= 0.6 is 11.6 Å². The highest BCUT2D eigenvalue weighted by molar-refractivity contribution is 6.32. The third-order valence-corrected chi connectivity index (χ3v) is 3.94. The summed E-state index contributed by atoms with van der Waals surface area (Å²) in [5.74, 6) is -0.970. The molecule has 1 aliphatic heterocycles. The number of hydrogen-bond donors (Lipinski definition) is 2. The molecule has 0 aromatic carbocycles. The van der Waals surface area contributed by atoms with Gasteiger partial charge in [0, 0.05) is 12.6 Å². The predicted molar refractivity (Wildman–Crippen MR) is 76.1 cm³/mol. The van der Waals surface area contributed by atoms with E-state index in [1.54, 1.807) is 4.90 Å². The third-order valence-electron chi connectivity index (χ3n) is 3.64. The number of halogens is 1. The average Bonchev–Trinajstić information content (AvgIpc) is 2.41. The number of pyridine rings is 1. The molecule has 2 atom stereocenters. The minimum atomic E-state index is -0.383. The van der Waals surface area contributed by atoms with E-state index in [1.807, 2.05) is 6.92 Å². The number of carbonyl (C=O) groups excluding carboxylic acids is 2. The van der Waals surface area contributed by atoms with Crippen molar-refractivity contribution in [3.63, 3.8) is 0 Å². The molecule has 6 nitrogen and oxygen atoms in total. The molecule has 0 bridgehead atoms. The Labute approximate surface area is 122 Å². The zero-order valence-electron chi connectivity index (χ0n) is 11.2. The lowest BCUT2D eigenvalue weighted by Crippen LogP contribution is -2.48. The van der Waals surface area contributed by atoms with Crippen LogP contribution in [-0.2, 0) is 4.79 Å². The van der Waals surface area contributed by atoms with E-state index in [0.717, 1.165) is 6.42 Å². The molecule has 108 valence electrons. The fourth-order valence-electron chi connectivity index (χ4n) is 2.39. The second-order valence-corrected chi connectivity index (χ2v) is 5.45. The lowest BCUT2D eigenvalue weighted by atomic mass is 9.92. The number of piperidine rings is 1. The highest BCUT2D eigenvalue weighted by atomic mass is 35.5. The normalized spacial score (nSPS) is 22.6. The molecule has 2 heterocycles. The Kier molecular flexibility index (Phi) is 4.13. The van der Waals surface area contributed by atoms with Crippen molar-refractivity contribution in [2.75, 3.05) is 12.3 Å². The van der Waals surface area contributed by atoms with Crippen LogP contribution < -0.4 is 11.5 Å². The highest BCUT2D eigenvalue weighted by Crippen LogP contribution is 2.26. The molecule has 2 amide bonds.